The van der Waals surface area contributed by atoms with Crippen molar-refractivity contribution in [3.8, 4) is 6.07 Å². The van der Waals surface area contributed by atoms with E-state index in [1.807, 2.05) is 6.92 Å². The lowest BCUT2D eigenvalue weighted by Gasteiger charge is -2.39. The largest absolute Gasteiger partial charge is 0.301 e. The second-order valence-corrected chi connectivity index (χ2v) is 6.21. The Morgan fingerprint density at radius 3 is 2.60 bits per heavy atom. The number of nitriles is 1. The van der Waals surface area contributed by atoms with Crippen LogP contribution in [0.25, 0.3) is 0 Å². The third kappa shape index (κ3) is 5.40. The van der Waals surface area contributed by atoms with Gasteiger partial charge in [0.15, 0.2) is 0 Å². The fraction of sp³-hybridized carbons (Fsp3) is 0.938. The predicted octanol–water partition coefficient (Wildman–Crippen LogP) is 2.07. The van der Waals surface area contributed by atoms with Crippen molar-refractivity contribution in [1.82, 2.24) is 15.1 Å². The van der Waals surface area contributed by atoms with E-state index in [0.29, 0.717) is 6.04 Å². The molecule has 0 aromatic rings. The van der Waals surface area contributed by atoms with Crippen LogP contribution in [0.15, 0.2) is 0 Å². The van der Waals surface area contributed by atoms with Crippen molar-refractivity contribution < 1.29 is 0 Å². The van der Waals surface area contributed by atoms with Gasteiger partial charge in [0.05, 0.1) is 6.07 Å². The molecular formula is C16H32N4. The van der Waals surface area contributed by atoms with Crippen LogP contribution in [0.3, 0.4) is 0 Å². The maximum atomic E-state index is 9.23. The van der Waals surface area contributed by atoms with Gasteiger partial charge >= 0.3 is 0 Å². The number of nitrogens with one attached hydrogen (secondary N) is 1. The van der Waals surface area contributed by atoms with Crippen LogP contribution in [-0.4, -0.2) is 60.6 Å². The molecule has 0 bridgehead atoms. The Balaban J connectivity index is 2.20. The molecular weight excluding hydrogens is 248 g/mol. The van der Waals surface area contributed by atoms with Crippen molar-refractivity contribution in [3.05, 3.63) is 0 Å². The van der Waals surface area contributed by atoms with Gasteiger partial charge < -0.3 is 4.90 Å². The minimum atomic E-state index is -0.344. The average molecular weight is 280 g/mol. The van der Waals surface area contributed by atoms with E-state index in [1.54, 1.807) is 0 Å². The van der Waals surface area contributed by atoms with Crippen LogP contribution in [0.5, 0.6) is 0 Å². The molecule has 116 valence electrons. The first-order chi connectivity index (χ1) is 9.54. The molecule has 1 heterocycles. The molecule has 1 fully saturated rings. The number of likely N-dealkylation sites (N-methyl/N-ethyl adjacent to an activating group) is 1. The van der Waals surface area contributed by atoms with Crippen LogP contribution in [0, 0.1) is 11.3 Å². The lowest BCUT2D eigenvalue weighted by molar-refractivity contribution is 0.0866. The molecule has 0 aromatic carbocycles. The monoisotopic (exact) mass is 280 g/mol. The zero-order valence-electron chi connectivity index (χ0n) is 13.8. The highest BCUT2D eigenvalue weighted by Gasteiger charge is 2.23. The van der Waals surface area contributed by atoms with Crippen molar-refractivity contribution in [2.75, 3.05) is 39.3 Å². The van der Waals surface area contributed by atoms with Crippen LogP contribution < -0.4 is 5.32 Å². The number of unbranched alkanes of at least 4 members (excludes halogenated alkanes) is 1. The van der Waals surface area contributed by atoms with Crippen molar-refractivity contribution in [1.29, 1.82) is 5.26 Å². The maximum absolute atomic E-state index is 9.23. The number of hydrogen-bond donors (Lipinski definition) is 1. The summed E-state index contributed by atoms with van der Waals surface area (Å²) in [5, 5.41) is 12.5. The molecule has 0 saturated carbocycles. The normalized spacial score (nSPS) is 24.2. The molecule has 4 nitrogen and oxygen atoms in total. The summed E-state index contributed by atoms with van der Waals surface area (Å²) in [6.45, 7) is 15.4. The minimum Gasteiger partial charge on any atom is -0.301 e. The van der Waals surface area contributed by atoms with Crippen LogP contribution >= 0.6 is 0 Å². The lowest BCUT2D eigenvalue weighted by atomic mass is 9.96. The molecule has 0 amide bonds. The fourth-order valence-corrected chi connectivity index (χ4v) is 3.13. The second kappa shape index (κ2) is 8.61. The number of nitrogens with zero attached hydrogens (tertiary/aromatic N) is 3. The first-order valence-electron chi connectivity index (χ1n) is 8.17. The van der Waals surface area contributed by atoms with E-state index in [4.69, 9.17) is 0 Å². The highest BCUT2D eigenvalue weighted by molar-refractivity contribution is 5.03. The van der Waals surface area contributed by atoms with Crippen LogP contribution in [0.1, 0.15) is 47.0 Å². The van der Waals surface area contributed by atoms with E-state index in [-0.39, 0.29) is 5.54 Å². The standard InChI is InChI=1S/C16H32N4/c1-5-18-16(4,14-17)9-7-8-10-19-11-12-20(6-2)15(3)13-19/h15,18H,5-13H2,1-4H3. The van der Waals surface area contributed by atoms with Crippen molar-refractivity contribution >= 4 is 0 Å². The Hall–Kier alpha value is -0.630. The van der Waals surface area contributed by atoms with E-state index < -0.39 is 0 Å². The van der Waals surface area contributed by atoms with Gasteiger partial charge in [-0.25, -0.2) is 0 Å². The Morgan fingerprint density at radius 1 is 1.30 bits per heavy atom. The highest BCUT2D eigenvalue weighted by Crippen LogP contribution is 2.14. The molecule has 0 spiro atoms. The topological polar surface area (TPSA) is 42.3 Å². The molecule has 0 radical (unpaired) electrons. The second-order valence-electron chi connectivity index (χ2n) is 6.21. The third-order valence-corrected chi connectivity index (χ3v) is 4.47. The van der Waals surface area contributed by atoms with Gasteiger partial charge in [0.25, 0.3) is 0 Å². The minimum absolute atomic E-state index is 0.344. The van der Waals surface area contributed by atoms with Crippen molar-refractivity contribution in [2.45, 2.75) is 58.5 Å². The Labute approximate surface area is 125 Å². The molecule has 2 atom stereocenters. The molecule has 20 heavy (non-hydrogen) atoms. The zero-order valence-corrected chi connectivity index (χ0v) is 13.8. The van der Waals surface area contributed by atoms with E-state index >= 15 is 0 Å². The molecule has 0 aromatic heterocycles. The van der Waals surface area contributed by atoms with E-state index in [9.17, 15) is 5.26 Å². The summed E-state index contributed by atoms with van der Waals surface area (Å²) in [7, 11) is 0. The van der Waals surface area contributed by atoms with Gasteiger partial charge in [0.1, 0.15) is 5.54 Å². The smallest absolute Gasteiger partial charge is 0.103 e. The average Bonchev–Trinajstić information content (AvgIpc) is 2.44. The van der Waals surface area contributed by atoms with E-state index in [1.165, 1.54) is 32.6 Å². The summed E-state index contributed by atoms with van der Waals surface area (Å²) in [5.41, 5.74) is -0.344. The van der Waals surface area contributed by atoms with Gasteiger partial charge in [-0.1, -0.05) is 13.8 Å². The van der Waals surface area contributed by atoms with Crippen LogP contribution in [0.4, 0.5) is 0 Å². The van der Waals surface area contributed by atoms with Crippen LogP contribution in [0.2, 0.25) is 0 Å². The number of hydrogen-bond acceptors (Lipinski definition) is 4. The summed E-state index contributed by atoms with van der Waals surface area (Å²) in [5.74, 6) is 0. The van der Waals surface area contributed by atoms with Gasteiger partial charge in [-0.3, -0.25) is 10.2 Å². The molecule has 1 aliphatic rings. The highest BCUT2D eigenvalue weighted by atomic mass is 15.3. The molecule has 1 N–H and O–H groups in total. The Morgan fingerprint density at radius 2 is 2.05 bits per heavy atom. The van der Waals surface area contributed by atoms with E-state index in [2.05, 4.69) is 42.0 Å². The molecule has 1 rings (SSSR count). The quantitative estimate of drug-likeness (QED) is 0.691. The predicted molar refractivity (Wildman–Crippen MR) is 84.7 cm³/mol. The molecule has 1 aliphatic heterocycles. The van der Waals surface area contributed by atoms with Crippen molar-refractivity contribution in [3.63, 3.8) is 0 Å². The summed E-state index contributed by atoms with van der Waals surface area (Å²) in [6.07, 6.45) is 3.27. The fourth-order valence-electron chi connectivity index (χ4n) is 3.13. The van der Waals surface area contributed by atoms with E-state index in [0.717, 1.165) is 25.9 Å². The summed E-state index contributed by atoms with van der Waals surface area (Å²) >= 11 is 0. The zero-order chi connectivity index (χ0) is 15.0. The number of piperazine rings is 1. The summed E-state index contributed by atoms with van der Waals surface area (Å²) < 4.78 is 0. The maximum Gasteiger partial charge on any atom is 0.103 e. The Bertz CT molecular complexity index is 312. The SMILES string of the molecule is CCNC(C)(C#N)CCCCN1CCN(CC)C(C)C1. The Kier molecular flexibility index (Phi) is 7.50. The summed E-state index contributed by atoms with van der Waals surface area (Å²) in [6, 6.07) is 3.09. The van der Waals surface area contributed by atoms with Gasteiger partial charge in [-0.15, -0.1) is 0 Å². The van der Waals surface area contributed by atoms with Gasteiger partial charge in [-0.05, 0) is 52.7 Å². The third-order valence-electron chi connectivity index (χ3n) is 4.47. The van der Waals surface area contributed by atoms with Crippen LogP contribution in [-0.2, 0) is 0 Å². The first-order valence-corrected chi connectivity index (χ1v) is 8.17. The summed E-state index contributed by atoms with van der Waals surface area (Å²) in [4.78, 5) is 5.13. The lowest BCUT2D eigenvalue weighted by Crippen LogP contribution is -2.51. The molecule has 2 unspecified atom stereocenters. The van der Waals surface area contributed by atoms with Gasteiger partial charge in [-0.2, -0.15) is 5.26 Å². The molecule has 4 heteroatoms. The van der Waals surface area contributed by atoms with Gasteiger partial charge in [0, 0.05) is 25.7 Å². The van der Waals surface area contributed by atoms with Crippen molar-refractivity contribution in [2.24, 2.45) is 0 Å². The number of rotatable bonds is 8. The van der Waals surface area contributed by atoms with Gasteiger partial charge in [0.2, 0.25) is 0 Å². The molecule has 0 aliphatic carbocycles. The molecule has 1 saturated heterocycles. The first kappa shape index (κ1) is 17.4.